The van der Waals surface area contributed by atoms with E-state index in [4.69, 9.17) is 0 Å². The molecular weight excluding hydrogens is 278 g/mol. The predicted octanol–water partition coefficient (Wildman–Crippen LogP) is 3.52. The molecule has 2 rings (SSSR count). The fourth-order valence-electron chi connectivity index (χ4n) is 2.07. The molecule has 0 radical (unpaired) electrons. The normalized spacial score (nSPS) is 16.5. The highest BCUT2D eigenvalue weighted by molar-refractivity contribution is 9.10. The number of halogens is 1. The van der Waals surface area contributed by atoms with Crippen LogP contribution in [0.4, 0.5) is 0 Å². The molecule has 1 fully saturated rings. The summed E-state index contributed by atoms with van der Waals surface area (Å²) in [5.41, 5.74) is 1.04. The molecule has 1 saturated carbocycles. The van der Waals surface area contributed by atoms with Crippen LogP contribution in [-0.2, 0) is 4.79 Å². The Balaban J connectivity index is 1.86. The molecule has 0 aromatic heterocycles. The lowest BCUT2D eigenvalue weighted by molar-refractivity contribution is -0.117. The Labute approximate surface area is 110 Å². The van der Waals surface area contributed by atoms with Gasteiger partial charge in [0.15, 0.2) is 0 Å². The average molecular weight is 294 g/mol. The fraction of sp³-hybridized carbons (Fsp3) is 0.357. The molecule has 1 amide bonds. The molecule has 3 heteroatoms. The monoisotopic (exact) mass is 293 g/mol. The number of benzene rings is 1. The summed E-state index contributed by atoms with van der Waals surface area (Å²) in [6.45, 7) is 0. The van der Waals surface area contributed by atoms with Gasteiger partial charge in [0.2, 0.25) is 5.91 Å². The van der Waals surface area contributed by atoms with Crippen LogP contribution in [0.1, 0.15) is 31.2 Å². The van der Waals surface area contributed by atoms with Crippen LogP contribution in [0.5, 0.6) is 0 Å². The summed E-state index contributed by atoms with van der Waals surface area (Å²) in [5.74, 6) is 0.0137. The highest BCUT2D eigenvalue weighted by Gasteiger charge is 2.15. The van der Waals surface area contributed by atoms with Crippen molar-refractivity contribution in [1.82, 2.24) is 5.32 Å². The number of carbonyl (C=O) groups is 1. The maximum absolute atomic E-state index is 11.6. The first kappa shape index (κ1) is 12.4. The van der Waals surface area contributed by atoms with E-state index in [0.717, 1.165) is 22.9 Å². The van der Waals surface area contributed by atoms with Gasteiger partial charge in [0.05, 0.1) is 0 Å². The van der Waals surface area contributed by atoms with Crippen molar-refractivity contribution < 1.29 is 4.79 Å². The lowest BCUT2D eigenvalue weighted by Crippen LogP contribution is -2.30. The molecule has 0 aliphatic heterocycles. The lowest BCUT2D eigenvalue weighted by Gasteiger charge is -2.08. The number of hydrogen-bond donors (Lipinski definition) is 1. The van der Waals surface area contributed by atoms with E-state index in [0.29, 0.717) is 6.04 Å². The summed E-state index contributed by atoms with van der Waals surface area (Å²) in [4.78, 5) is 11.6. The Morgan fingerprint density at radius 2 is 1.88 bits per heavy atom. The van der Waals surface area contributed by atoms with Crippen LogP contribution < -0.4 is 5.32 Å². The van der Waals surface area contributed by atoms with Crippen LogP contribution in [0, 0.1) is 0 Å². The van der Waals surface area contributed by atoms with E-state index >= 15 is 0 Å². The van der Waals surface area contributed by atoms with Crippen LogP contribution in [0.2, 0.25) is 0 Å². The first-order chi connectivity index (χ1) is 8.24. The molecule has 1 aromatic carbocycles. The Kier molecular flexibility index (Phi) is 4.37. The van der Waals surface area contributed by atoms with E-state index in [1.807, 2.05) is 30.3 Å². The molecule has 0 spiro atoms. The molecule has 0 atom stereocenters. The number of carbonyl (C=O) groups excluding carboxylic acids is 1. The van der Waals surface area contributed by atoms with Gasteiger partial charge in [-0.15, -0.1) is 0 Å². The minimum absolute atomic E-state index is 0.0137. The Morgan fingerprint density at radius 1 is 1.24 bits per heavy atom. The summed E-state index contributed by atoms with van der Waals surface area (Å²) >= 11 is 3.38. The van der Waals surface area contributed by atoms with Crippen molar-refractivity contribution in [3.63, 3.8) is 0 Å². The van der Waals surface area contributed by atoms with E-state index < -0.39 is 0 Å². The minimum atomic E-state index is 0.0137. The topological polar surface area (TPSA) is 29.1 Å². The van der Waals surface area contributed by atoms with E-state index in [1.54, 1.807) is 6.08 Å². The largest absolute Gasteiger partial charge is 0.350 e. The zero-order chi connectivity index (χ0) is 12.1. The van der Waals surface area contributed by atoms with Crippen LogP contribution in [0.25, 0.3) is 6.08 Å². The Bertz CT molecular complexity index is 405. The molecule has 1 aliphatic rings. The van der Waals surface area contributed by atoms with Gasteiger partial charge in [-0.2, -0.15) is 0 Å². The second-order valence-corrected chi connectivity index (χ2v) is 5.29. The molecule has 1 N–H and O–H groups in total. The molecule has 0 unspecified atom stereocenters. The standard InChI is InChI=1S/C14H16BrNO/c15-12-8-5-11(6-9-12)7-10-14(17)16-13-3-1-2-4-13/h5-10,13H,1-4H2,(H,16,17). The van der Waals surface area contributed by atoms with Crippen molar-refractivity contribution in [2.24, 2.45) is 0 Å². The van der Waals surface area contributed by atoms with Gasteiger partial charge < -0.3 is 5.32 Å². The number of amides is 1. The molecular formula is C14H16BrNO. The van der Waals surface area contributed by atoms with Gasteiger partial charge >= 0.3 is 0 Å². The second-order valence-electron chi connectivity index (χ2n) is 4.37. The van der Waals surface area contributed by atoms with Crippen molar-refractivity contribution >= 4 is 27.9 Å². The summed E-state index contributed by atoms with van der Waals surface area (Å²) < 4.78 is 1.05. The highest BCUT2D eigenvalue weighted by atomic mass is 79.9. The zero-order valence-corrected chi connectivity index (χ0v) is 11.2. The number of hydrogen-bond acceptors (Lipinski definition) is 1. The molecule has 0 heterocycles. The van der Waals surface area contributed by atoms with Crippen LogP contribution in [0.3, 0.4) is 0 Å². The van der Waals surface area contributed by atoms with Crippen molar-refractivity contribution in [2.75, 3.05) is 0 Å². The Morgan fingerprint density at radius 3 is 2.53 bits per heavy atom. The third kappa shape index (κ3) is 4.00. The van der Waals surface area contributed by atoms with Gasteiger partial charge in [0.25, 0.3) is 0 Å². The first-order valence-electron chi connectivity index (χ1n) is 5.98. The maximum Gasteiger partial charge on any atom is 0.244 e. The van der Waals surface area contributed by atoms with Gasteiger partial charge in [-0.25, -0.2) is 0 Å². The van der Waals surface area contributed by atoms with Gasteiger partial charge in [-0.3, -0.25) is 4.79 Å². The van der Waals surface area contributed by atoms with Crippen LogP contribution in [0.15, 0.2) is 34.8 Å². The summed E-state index contributed by atoms with van der Waals surface area (Å²) in [6.07, 6.45) is 8.18. The summed E-state index contributed by atoms with van der Waals surface area (Å²) in [7, 11) is 0. The van der Waals surface area contributed by atoms with Gasteiger partial charge in [-0.1, -0.05) is 40.9 Å². The molecule has 1 aromatic rings. The highest BCUT2D eigenvalue weighted by Crippen LogP contribution is 2.17. The van der Waals surface area contributed by atoms with Gasteiger partial charge in [0, 0.05) is 16.6 Å². The number of nitrogens with one attached hydrogen (secondary N) is 1. The van der Waals surface area contributed by atoms with E-state index in [1.165, 1.54) is 12.8 Å². The SMILES string of the molecule is O=C(C=Cc1ccc(Br)cc1)NC1CCCC1. The smallest absolute Gasteiger partial charge is 0.244 e. The summed E-state index contributed by atoms with van der Waals surface area (Å²) in [6, 6.07) is 8.27. The molecule has 2 nitrogen and oxygen atoms in total. The van der Waals surface area contributed by atoms with E-state index in [9.17, 15) is 4.79 Å². The van der Waals surface area contributed by atoms with Crippen molar-refractivity contribution in [1.29, 1.82) is 0 Å². The predicted molar refractivity (Wildman–Crippen MR) is 73.6 cm³/mol. The third-order valence-corrected chi connectivity index (χ3v) is 3.53. The average Bonchev–Trinajstić information content (AvgIpc) is 2.81. The van der Waals surface area contributed by atoms with E-state index in [2.05, 4.69) is 21.2 Å². The Hall–Kier alpha value is -1.09. The number of rotatable bonds is 3. The second kappa shape index (κ2) is 6.01. The third-order valence-electron chi connectivity index (χ3n) is 3.00. The summed E-state index contributed by atoms with van der Waals surface area (Å²) in [5, 5.41) is 3.03. The molecule has 90 valence electrons. The van der Waals surface area contributed by atoms with Crippen molar-refractivity contribution in [3.8, 4) is 0 Å². The fourth-order valence-corrected chi connectivity index (χ4v) is 2.33. The van der Waals surface area contributed by atoms with Crippen molar-refractivity contribution in [3.05, 3.63) is 40.4 Å². The van der Waals surface area contributed by atoms with Crippen LogP contribution in [-0.4, -0.2) is 11.9 Å². The maximum atomic E-state index is 11.6. The van der Waals surface area contributed by atoms with Gasteiger partial charge in [-0.05, 0) is 36.6 Å². The molecule has 17 heavy (non-hydrogen) atoms. The van der Waals surface area contributed by atoms with Gasteiger partial charge in [0.1, 0.15) is 0 Å². The molecule has 0 bridgehead atoms. The van der Waals surface area contributed by atoms with Crippen molar-refractivity contribution in [2.45, 2.75) is 31.7 Å². The minimum Gasteiger partial charge on any atom is -0.350 e. The molecule has 0 saturated heterocycles. The zero-order valence-electron chi connectivity index (χ0n) is 9.66. The molecule has 1 aliphatic carbocycles. The first-order valence-corrected chi connectivity index (χ1v) is 6.77. The van der Waals surface area contributed by atoms with E-state index in [-0.39, 0.29) is 5.91 Å². The quantitative estimate of drug-likeness (QED) is 0.849. The van der Waals surface area contributed by atoms with Crippen LogP contribution >= 0.6 is 15.9 Å². The lowest BCUT2D eigenvalue weighted by atomic mass is 10.2.